The number of unbranched alkanes of at least 4 members (excludes halogenated alkanes) is 5. The first-order valence-corrected chi connectivity index (χ1v) is 9.27. The minimum atomic E-state index is 0.325. The van der Waals surface area contributed by atoms with E-state index in [4.69, 9.17) is 4.74 Å². The number of nitrogens with zero attached hydrogens (tertiary/aromatic N) is 1. The number of hydrogen-bond acceptors (Lipinski definition) is 2. The first-order valence-electron chi connectivity index (χ1n) is 9.27. The number of ether oxygens (including phenoxy) is 1. The smallest absolute Gasteiger partial charge is 0.0533 e. The van der Waals surface area contributed by atoms with Crippen molar-refractivity contribution in [2.45, 2.75) is 79.6 Å². The van der Waals surface area contributed by atoms with Crippen molar-refractivity contribution in [3.63, 3.8) is 0 Å². The molecule has 0 N–H and O–H groups in total. The van der Waals surface area contributed by atoms with Crippen LogP contribution in [-0.2, 0) is 4.74 Å². The minimum Gasteiger partial charge on any atom is -0.384 e. The average Bonchev–Trinajstić information content (AvgIpc) is 2.47. The van der Waals surface area contributed by atoms with Crippen molar-refractivity contribution in [1.82, 2.24) is 4.90 Å². The maximum atomic E-state index is 5.63. The van der Waals surface area contributed by atoms with Crippen LogP contribution >= 0.6 is 0 Å². The molecule has 0 aromatic heterocycles. The largest absolute Gasteiger partial charge is 0.384 e. The van der Waals surface area contributed by atoms with E-state index in [-0.39, 0.29) is 0 Å². The molecule has 0 spiro atoms. The molecule has 21 heavy (non-hydrogen) atoms. The predicted molar refractivity (Wildman–Crippen MR) is 94.9 cm³/mol. The van der Waals surface area contributed by atoms with Gasteiger partial charge in [-0.15, -0.1) is 0 Å². The van der Waals surface area contributed by atoms with Crippen LogP contribution in [0.25, 0.3) is 0 Å². The monoisotopic (exact) mass is 299 g/mol. The molecule has 1 unspecified atom stereocenters. The van der Waals surface area contributed by atoms with E-state index >= 15 is 0 Å². The van der Waals surface area contributed by atoms with Gasteiger partial charge in [0.2, 0.25) is 0 Å². The zero-order valence-corrected chi connectivity index (χ0v) is 15.7. The molecule has 2 nitrogen and oxygen atoms in total. The summed E-state index contributed by atoms with van der Waals surface area (Å²) < 4.78 is 5.63. The third-order valence-corrected chi connectivity index (χ3v) is 5.12. The lowest BCUT2D eigenvalue weighted by atomic mass is 9.73. The lowest BCUT2D eigenvalue weighted by molar-refractivity contribution is 0.00498. The van der Waals surface area contributed by atoms with Gasteiger partial charge >= 0.3 is 0 Å². The topological polar surface area (TPSA) is 12.5 Å². The van der Waals surface area contributed by atoms with Gasteiger partial charge in [0.1, 0.15) is 0 Å². The first-order chi connectivity index (χ1) is 10.1. The van der Waals surface area contributed by atoms with Gasteiger partial charge in [0.05, 0.1) is 6.61 Å². The van der Waals surface area contributed by atoms with Crippen LogP contribution in [0.4, 0.5) is 0 Å². The van der Waals surface area contributed by atoms with E-state index in [0.29, 0.717) is 11.3 Å². The second kappa shape index (κ2) is 12.5. The van der Waals surface area contributed by atoms with Crippen molar-refractivity contribution in [3.05, 3.63) is 0 Å². The summed E-state index contributed by atoms with van der Waals surface area (Å²) in [7, 11) is 1.86. The second-order valence-electron chi connectivity index (χ2n) is 6.93. The Bertz CT molecular complexity index is 226. The van der Waals surface area contributed by atoms with E-state index in [0.717, 1.165) is 19.7 Å². The van der Waals surface area contributed by atoms with Crippen LogP contribution in [0.15, 0.2) is 0 Å². The molecule has 0 aromatic rings. The molecule has 0 aliphatic heterocycles. The SMILES string of the molecule is CCCCCCCCC(COC)(CN(CC)CC)C(C)C. The fourth-order valence-electron chi connectivity index (χ4n) is 3.27. The highest BCUT2D eigenvalue weighted by molar-refractivity contribution is 4.85. The fraction of sp³-hybridized carbons (Fsp3) is 1.00. The lowest BCUT2D eigenvalue weighted by Crippen LogP contribution is -2.44. The Balaban J connectivity index is 4.48. The van der Waals surface area contributed by atoms with Crippen molar-refractivity contribution in [2.24, 2.45) is 11.3 Å². The second-order valence-corrected chi connectivity index (χ2v) is 6.93. The van der Waals surface area contributed by atoms with Gasteiger partial charge in [-0.25, -0.2) is 0 Å². The molecule has 2 heteroatoms. The summed E-state index contributed by atoms with van der Waals surface area (Å²) in [5, 5.41) is 0. The fourth-order valence-corrected chi connectivity index (χ4v) is 3.27. The Morgan fingerprint density at radius 2 is 1.48 bits per heavy atom. The maximum absolute atomic E-state index is 5.63. The van der Waals surface area contributed by atoms with Crippen LogP contribution < -0.4 is 0 Å². The molecule has 0 radical (unpaired) electrons. The normalized spacial score (nSPS) is 14.9. The van der Waals surface area contributed by atoms with Crippen LogP contribution in [0.2, 0.25) is 0 Å². The molecule has 0 saturated heterocycles. The van der Waals surface area contributed by atoms with E-state index in [1.807, 2.05) is 7.11 Å². The molecule has 0 aliphatic rings. The Labute approximate surface area is 134 Å². The summed E-state index contributed by atoms with van der Waals surface area (Å²) >= 11 is 0. The van der Waals surface area contributed by atoms with Gasteiger partial charge in [0, 0.05) is 19.1 Å². The van der Waals surface area contributed by atoms with Gasteiger partial charge in [0.15, 0.2) is 0 Å². The van der Waals surface area contributed by atoms with Crippen LogP contribution in [-0.4, -0.2) is 38.3 Å². The van der Waals surface area contributed by atoms with E-state index in [1.165, 1.54) is 51.5 Å². The van der Waals surface area contributed by atoms with Gasteiger partial charge < -0.3 is 9.64 Å². The molecule has 0 aromatic carbocycles. The van der Waals surface area contributed by atoms with Crippen molar-refractivity contribution >= 4 is 0 Å². The third kappa shape index (κ3) is 8.21. The molecule has 0 rings (SSSR count). The number of hydrogen-bond donors (Lipinski definition) is 0. The highest BCUT2D eigenvalue weighted by Crippen LogP contribution is 2.35. The number of rotatable bonds is 14. The van der Waals surface area contributed by atoms with E-state index in [1.54, 1.807) is 0 Å². The summed E-state index contributed by atoms with van der Waals surface area (Å²) in [6.45, 7) is 15.9. The Kier molecular flexibility index (Phi) is 12.4. The minimum absolute atomic E-state index is 0.325. The summed E-state index contributed by atoms with van der Waals surface area (Å²) in [6, 6.07) is 0. The summed E-state index contributed by atoms with van der Waals surface area (Å²) in [5.41, 5.74) is 0.325. The summed E-state index contributed by atoms with van der Waals surface area (Å²) in [6.07, 6.45) is 9.59. The van der Waals surface area contributed by atoms with Crippen molar-refractivity contribution in [3.8, 4) is 0 Å². The standard InChI is InChI=1S/C19H41NO/c1-7-10-11-12-13-14-15-19(17-21-6,18(4)5)16-20(8-2)9-3/h18H,7-17H2,1-6H3. The van der Waals surface area contributed by atoms with Gasteiger partial charge in [-0.05, 0) is 25.4 Å². The highest BCUT2D eigenvalue weighted by atomic mass is 16.5. The third-order valence-electron chi connectivity index (χ3n) is 5.12. The zero-order valence-electron chi connectivity index (χ0n) is 15.7. The Hall–Kier alpha value is -0.0800. The molecule has 0 heterocycles. The number of methoxy groups -OCH3 is 1. The zero-order chi connectivity index (χ0) is 16.1. The molecule has 0 bridgehead atoms. The molecule has 0 amide bonds. The molecule has 0 saturated carbocycles. The molecule has 128 valence electrons. The first kappa shape index (κ1) is 20.9. The van der Waals surface area contributed by atoms with Gasteiger partial charge in [-0.2, -0.15) is 0 Å². The van der Waals surface area contributed by atoms with E-state index in [9.17, 15) is 0 Å². The van der Waals surface area contributed by atoms with Crippen LogP contribution in [0, 0.1) is 11.3 Å². The van der Waals surface area contributed by atoms with E-state index < -0.39 is 0 Å². The summed E-state index contributed by atoms with van der Waals surface area (Å²) in [5.74, 6) is 0.675. The Morgan fingerprint density at radius 1 is 0.905 bits per heavy atom. The van der Waals surface area contributed by atoms with Gasteiger partial charge in [-0.3, -0.25) is 0 Å². The summed E-state index contributed by atoms with van der Waals surface area (Å²) in [4.78, 5) is 2.57. The maximum Gasteiger partial charge on any atom is 0.0533 e. The van der Waals surface area contributed by atoms with Gasteiger partial charge in [0.25, 0.3) is 0 Å². The molecular weight excluding hydrogens is 258 g/mol. The van der Waals surface area contributed by atoms with Gasteiger partial charge in [-0.1, -0.05) is 73.1 Å². The molecular formula is C19H41NO. The van der Waals surface area contributed by atoms with Crippen molar-refractivity contribution in [1.29, 1.82) is 0 Å². The molecule has 0 aliphatic carbocycles. The lowest BCUT2D eigenvalue weighted by Gasteiger charge is -2.41. The van der Waals surface area contributed by atoms with Crippen molar-refractivity contribution in [2.75, 3.05) is 33.4 Å². The predicted octanol–water partition coefficient (Wildman–Crippen LogP) is 5.37. The van der Waals surface area contributed by atoms with Crippen LogP contribution in [0.3, 0.4) is 0 Å². The quantitative estimate of drug-likeness (QED) is 0.400. The average molecular weight is 300 g/mol. The highest BCUT2D eigenvalue weighted by Gasteiger charge is 2.34. The van der Waals surface area contributed by atoms with Crippen molar-refractivity contribution < 1.29 is 4.74 Å². The molecule has 0 fully saturated rings. The Morgan fingerprint density at radius 3 is 1.95 bits per heavy atom. The van der Waals surface area contributed by atoms with E-state index in [2.05, 4.69) is 39.5 Å². The van der Waals surface area contributed by atoms with Crippen LogP contribution in [0.1, 0.15) is 79.6 Å². The van der Waals surface area contributed by atoms with Crippen LogP contribution in [0.5, 0.6) is 0 Å². The molecule has 1 atom stereocenters.